The maximum Gasteiger partial charge on any atom is 0.327 e. The minimum Gasteiger partial charge on any atom is -0.508 e. The lowest BCUT2D eigenvalue weighted by molar-refractivity contribution is -0.141. The zero-order chi connectivity index (χ0) is 57.6. The van der Waals surface area contributed by atoms with Gasteiger partial charge in [-0.1, -0.05) is 66.1 Å². The molecule has 2 fully saturated rings. The first kappa shape index (κ1) is 63.2. The van der Waals surface area contributed by atoms with Crippen molar-refractivity contribution in [2.24, 2.45) is 28.1 Å². The van der Waals surface area contributed by atoms with Crippen LogP contribution in [0.1, 0.15) is 64.0 Å². The van der Waals surface area contributed by atoms with Gasteiger partial charge in [0.2, 0.25) is 53.2 Å². The number of aromatic hydroxyl groups is 2. The lowest BCUT2D eigenvalue weighted by atomic mass is 9.97. The fourth-order valence-electron chi connectivity index (χ4n) is 8.09. The van der Waals surface area contributed by atoms with Gasteiger partial charge in [0, 0.05) is 37.4 Å². The number of phenolic OH excluding ortho intramolecular Hbond substituents is 2. The Labute approximate surface area is 457 Å². The van der Waals surface area contributed by atoms with Crippen LogP contribution in [0.15, 0.2) is 53.5 Å². The molecule has 29 heteroatoms. The number of rotatable bonds is 12. The molecule has 10 atom stereocenters. The smallest absolute Gasteiger partial charge is 0.327 e. The van der Waals surface area contributed by atoms with Crippen molar-refractivity contribution in [1.82, 2.24) is 47.4 Å². The highest BCUT2D eigenvalue weighted by Crippen LogP contribution is 2.25. The zero-order valence-corrected chi connectivity index (χ0v) is 45.0. The standard InChI is InChI=1S/C49H71N13O14S2/c1-4-25(2)39-46(73)54-21-38(66)56-36(48(75)76)24-78-77-23-31(50)47(74)62-18-6-8-37(62)45(72)55-26(3)40(67)58-33(19-27-9-13-29(64)14-10-27)42(69)60-35(22-63)44(71)57-32(7-5-17-53-49(51)52)41(68)59-34(43(70)61-39)20-28-11-15-30(65)16-12-28/h9-16,25-26,31-37,39,63-65H,4-8,17-24,50H2,1-3H3,(H,54,73)(H,55,72)(H,56,66)(H,57,71)(H,58,67)(H,59,68)(H,60,69)(H,61,70)(H,75,76)(H4,51,52,53)/t25-,26-,31-,32-,33-,34-,35-,36-,37-,39-/m0/s1. The second-order valence-electron chi connectivity index (χ2n) is 18.8. The van der Waals surface area contributed by atoms with Gasteiger partial charge in [0.25, 0.3) is 0 Å². The van der Waals surface area contributed by atoms with Gasteiger partial charge in [-0.15, -0.1) is 0 Å². The number of nitrogens with one attached hydrogen (secondary N) is 8. The maximum absolute atomic E-state index is 14.4. The molecule has 0 unspecified atom stereocenters. The predicted octanol–water partition coefficient (Wildman–Crippen LogP) is -3.70. The van der Waals surface area contributed by atoms with Gasteiger partial charge in [-0.25, -0.2) is 4.79 Å². The van der Waals surface area contributed by atoms with Crippen LogP contribution < -0.4 is 59.7 Å². The molecule has 2 aromatic carbocycles. The Hall–Kier alpha value is -7.37. The van der Waals surface area contributed by atoms with E-state index in [1.165, 1.54) is 60.4 Å². The molecular formula is C49H71N13O14S2. The number of aliphatic imine (C=N–C) groups is 1. The van der Waals surface area contributed by atoms with E-state index in [0.29, 0.717) is 24.0 Å². The van der Waals surface area contributed by atoms with Crippen LogP contribution in [0, 0.1) is 5.92 Å². The number of aliphatic hydroxyl groups excluding tert-OH is 1. The average molecular weight is 1130 g/mol. The molecule has 0 bridgehead atoms. The predicted molar refractivity (Wildman–Crippen MR) is 288 cm³/mol. The summed E-state index contributed by atoms with van der Waals surface area (Å²) in [6.45, 7) is 3.11. The Morgan fingerprint density at radius 3 is 1.81 bits per heavy atom. The number of benzene rings is 2. The van der Waals surface area contributed by atoms with Crippen LogP contribution in [-0.2, 0) is 60.8 Å². The summed E-state index contributed by atoms with van der Waals surface area (Å²) in [6.07, 6.45) is 0.390. The van der Waals surface area contributed by atoms with E-state index in [-0.39, 0.29) is 74.2 Å². The molecule has 2 aliphatic rings. The summed E-state index contributed by atoms with van der Waals surface area (Å²) in [5.41, 5.74) is 18.1. The van der Waals surface area contributed by atoms with Crippen LogP contribution in [0.25, 0.3) is 0 Å². The van der Waals surface area contributed by atoms with E-state index in [0.717, 1.165) is 21.6 Å². The number of hydrogen-bond donors (Lipinski definition) is 15. The number of aliphatic carboxylic acids is 1. The van der Waals surface area contributed by atoms with E-state index in [4.69, 9.17) is 17.2 Å². The second-order valence-corrected chi connectivity index (χ2v) is 21.3. The van der Waals surface area contributed by atoms with Gasteiger partial charge < -0.3 is 85.1 Å². The molecule has 2 saturated heterocycles. The van der Waals surface area contributed by atoms with Crippen molar-refractivity contribution in [3.63, 3.8) is 0 Å². The van der Waals surface area contributed by atoms with Crippen molar-refractivity contribution in [2.45, 2.75) is 120 Å². The summed E-state index contributed by atoms with van der Waals surface area (Å²) < 4.78 is 0. The monoisotopic (exact) mass is 1130 g/mol. The third kappa shape index (κ3) is 19.9. The highest BCUT2D eigenvalue weighted by Gasteiger charge is 2.39. The van der Waals surface area contributed by atoms with Gasteiger partial charge in [-0.3, -0.25) is 48.1 Å². The maximum atomic E-state index is 14.4. The van der Waals surface area contributed by atoms with Gasteiger partial charge in [0.15, 0.2) is 5.96 Å². The third-order valence-electron chi connectivity index (χ3n) is 12.7. The largest absolute Gasteiger partial charge is 0.508 e. The van der Waals surface area contributed by atoms with Crippen molar-refractivity contribution in [3.8, 4) is 11.5 Å². The molecule has 0 aromatic heterocycles. The number of nitrogens with zero attached hydrogens (tertiary/aromatic N) is 2. The van der Waals surface area contributed by atoms with E-state index < -0.39 is 133 Å². The molecule has 2 aliphatic heterocycles. The van der Waals surface area contributed by atoms with Gasteiger partial charge >= 0.3 is 5.97 Å². The fraction of sp³-hybridized carbons (Fsp3) is 0.531. The lowest BCUT2D eigenvalue weighted by Crippen LogP contribution is -2.61. The third-order valence-corrected chi connectivity index (χ3v) is 15.2. The van der Waals surface area contributed by atoms with Crippen molar-refractivity contribution in [1.29, 1.82) is 0 Å². The molecule has 0 saturated carbocycles. The van der Waals surface area contributed by atoms with E-state index in [2.05, 4.69) is 47.5 Å². The number of nitrogens with two attached hydrogens (primary N) is 3. The summed E-state index contributed by atoms with van der Waals surface area (Å²) >= 11 is 0. The zero-order valence-electron chi connectivity index (χ0n) is 43.4. The van der Waals surface area contributed by atoms with Gasteiger partial charge in [-0.2, -0.15) is 0 Å². The quantitative estimate of drug-likeness (QED) is 0.0421. The topological polar surface area (TPSA) is 442 Å². The SMILES string of the molecule is CC[C@H](C)[C@@H]1NC(=O)[C@H](Cc2ccc(O)cc2)NC(=O)[C@H](CCCN=C(N)N)NC(=O)[C@H](CO)NC(=O)[C@H](Cc2ccc(O)cc2)NC(=O)[C@H](C)NC(=O)[C@@H]2CCCN2C(=O)[C@@H](N)CSSC[C@@H](C(=O)O)NC(=O)CNC1=O. The first-order chi connectivity index (χ1) is 37.0. The molecule has 0 aliphatic carbocycles. The van der Waals surface area contributed by atoms with Crippen molar-refractivity contribution in [2.75, 3.05) is 37.7 Å². The number of carboxylic acid groups (broad SMARTS) is 1. The minimum absolute atomic E-state index is 0.0268. The van der Waals surface area contributed by atoms with Crippen LogP contribution in [-0.4, -0.2) is 183 Å². The number of fused-ring (bicyclic) bond motifs is 1. The van der Waals surface area contributed by atoms with E-state index in [1.807, 2.05) is 0 Å². The molecule has 428 valence electrons. The molecule has 78 heavy (non-hydrogen) atoms. The van der Waals surface area contributed by atoms with Crippen molar-refractivity contribution < 1.29 is 68.4 Å². The number of guanidine groups is 1. The molecular weight excluding hydrogens is 1060 g/mol. The second kappa shape index (κ2) is 31.1. The summed E-state index contributed by atoms with van der Waals surface area (Å²) in [6, 6.07) is -1.27. The molecule has 9 amide bonds. The first-order valence-electron chi connectivity index (χ1n) is 25.2. The Kier molecular flexibility index (Phi) is 25.2. The molecule has 18 N–H and O–H groups in total. The molecule has 2 aromatic rings. The Morgan fingerprint density at radius 2 is 1.24 bits per heavy atom. The number of carbonyl (C=O) groups is 10. The van der Waals surface area contributed by atoms with Gasteiger partial charge in [-0.05, 0) is 73.9 Å². The van der Waals surface area contributed by atoms with Crippen molar-refractivity contribution >= 4 is 86.7 Å². The minimum atomic E-state index is -1.77. The summed E-state index contributed by atoms with van der Waals surface area (Å²) in [7, 11) is 2.04. The number of aliphatic hydroxyl groups is 1. The number of phenols is 2. The number of amides is 9. The van der Waals surface area contributed by atoms with E-state index in [9.17, 15) is 68.4 Å². The summed E-state index contributed by atoms with van der Waals surface area (Å²) in [5, 5.41) is 60.4. The van der Waals surface area contributed by atoms with Crippen LogP contribution in [0.4, 0.5) is 0 Å². The average Bonchev–Trinajstić information content (AvgIpc) is 3.91. The molecule has 4 rings (SSSR count). The van der Waals surface area contributed by atoms with Gasteiger partial charge in [0.1, 0.15) is 59.8 Å². The van der Waals surface area contributed by atoms with E-state index >= 15 is 0 Å². The fourth-order valence-corrected chi connectivity index (χ4v) is 10.4. The Bertz CT molecular complexity index is 2470. The van der Waals surface area contributed by atoms with Gasteiger partial charge in [0.05, 0.1) is 19.2 Å². The summed E-state index contributed by atoms with van der Waals surface area (Å²) in [5.74, 6) is -10.5. The van der Waals surface area contributed by atoms with Crippen molar-refractivity contribution in [3.05, 3.63) is 59.7 Å². The summed E-state index contributed by atoms with van der Waals surface area (Å²) in [4.78, 5) is 142. The van der Waals surface area contributed by atoms with Crippen LogP contribution >= 0.6 is 21.6 Å². The van der Waals surface area contributed by atoms with E-state index in [1.54, 1.807) is 13.8 Å². The lowest BCUT2D eigenvalue weighted by Gasteiger charge is -2.29. The Morgan fingerprint density at radius 1 is 0.718 bits per heavy atom. The molecule has 0 radical (unpaired) electrons. The molecule has 27 nitrogen and oxygen atoms in total. The highest BCUT2D eigenvalue weighted by atomic mass is 33.1. The van der Waals surface area contributed by atoms with Crippen LogP contribution in [0.3, 0.4) is 0 Å². The first-order valence-corrected chi connectivity index (χ1v) is 27.6. The van der Waals surface area contributed by atoms with Crippen LogP contribution in [0.2, 0.25) is 0 Å². The molecule has 0 spiro atoms. The number of carbonyl (C=O) groups excluding carboxylic acids is 9. The normalized spacial score (nSPS) is 25.8. The Balaban J connectivity index is 1.72. The number of carboxylic acids is 1. The van der Waals surface area contributed by atoms with Crippen LogP contribution in [0.5, 0.6) is 11.5 Å². The molecule has 2 heterocycles. The highest BCUT2D eigenvalue weighted by molar-refractivity contribution is 8.76. The number of hydrogen-bond acceptors (Lipinski definition) is 17.